The topological polar surface area (TPSA) is 73.9 Å². The van der Waals surface area contributed by atoms with E-state index in [1.54, 1.807) is 6.92 Å². The zero-order valence-electron chi connectivity index (χ0n) is 16.9. The van der Waals surface area contributed by atoms with Crippen molar-refractivity contribution in [2.75, 3.05) is 20.3 Å². The first kappa shape index (κ1) is 21.9. The average molecular weight is 440 g/mol. The fraction of sp³-hybridized carbons (Fsp3) is 0.524. The fourth-order valence-corrected chi connectivity index (χ4v) is 4.86. The summed E-state index contributed by atoms with van der Waals surface area (Å²) in [7, 11) is 1.54. The van der Waals surface area contributed by atoms with Crippen LogP contribution in [0, 0.1) is 0 Å². The van der Waals surface area contributed by atoms with E-state index in [1.807, 2.05) is 18.4 Å². The number of thiophene rings is 1. The fourth-order valence-electron chi connectivity index (χ4n) is 3.87. The maximum atomic E-state index is 13.2. The lowest BCUT2D eigenvalue weighted by atomic mass is 9.81. The van der Waals surface area contributed by atoms with E-state index in [-0.39, 0.29) is 12.7 Å². The first-order valence-corrected chi connectivity index (χ1v) is 11.0. The quantitative estimate of drug-likeness (QED) is 0.504. The Balaban J connectivity index is 1.97. The summed E-state index contributed by atoms with van der Waals surface area (Å²) in [6.07, 6.45) is 3.78. The van der Waals surface area contributed by atoms with Gasteiger partial charge in [-0.15, -0.1) is 11.3 Å². The smallest absolute Gasteiger partial charge is 0.337 e. The maximum absolute atomic E-state index is 13.2. The van der Waals surface area contributed by atoms with E-state index in [9.17, 15) is 9.59 Å². The monoisotopic (exact) mass is 439 g/mol. The highest BCUT2D eigenvalue weighted by atomic mass is 35.5. The van der Waals surface area contributed by atoms with Crippen molar-refractivity contribution in [3.63, 3.8) is 0 Å². The summed E-state index contributed by atoms with van der Waals surface area (Å²) in [6, 6.07) is 1.84. The molecule has 1 fully saturated rings. The largest absolute Gasteiger partial charge is 0.460 e. The molecule has 0 spiro atoms. The third-order valence-corrected chi connectivity index (χ3v) is 6.45. The summed E-state index contributed by atoms with van der Waals surface area (Å²) < 4.78 is 16.7. The highest BCUT2D eigenvalue weighted by Gasteiger charge is 2.40. The van der Waals surface area contributed by atoms with Gasteiger partial charge in [-0.05, 0) is 56.5 Å². The van der Waals surface area contributed by atoms with E-state index >= 15 is 0 Å². The van der Waals surface area contributed by atoms with Crippen LogP contribution in [-0.4, -0.2) is 38.4 Å². The molecule has 0 bridgehead atoms. The zero-order chi connectivity index (χ0) is 21.0. The number of halogens is 1. The number of ether oxygens (including phenoxy) is 3. The predicted octanol–water partition coefficient (Wildman–Crippen LogP) is 4.31. The van der Waals surface area contributed by atoms with E-state index in [2.05, 4.69) is 5.32 Å². The molecule has 1 aliphatic carbocycles. The molecule has 3 rings (SSSR count). The predicted molar refractivity (Wildman–Crippen MR) is 112 cm³/mol. The summed E-state index contributed by atoms with van der Waals surface area (Å²) in [5.74, 6) is -1.55. The van der Waals surface area contributed by atoms with Crippen LogP contribution in [0.1, 0.15) is 51.0 Å². The third-order valence-electron chi connectivity index (χ3n) is 5.25. The van der Waals surface area contributed by atoms with Crippen LogP contribution in [-0.2, 0) is 23.8 Å². The molecule has 0 radical (unpaired) electrons. The Morgan fingerprint density at radius 3 is 2.38 bits per heavy atom. The van der Waals surface area contributed by atoms with Crippen molar-refractivity contribution in [3.05, 3.63) is 43.9 Å². The Morgan fingerprint density at radius 2 is 1.79 bits per heavy atom. The van der Waals surface area contributed by atoms with Gasteiger partial charge < -0.3 is 19.5 Å². The summed E-state index contributed by atoms with van der Waals surface area (Å²) in [6.45, 7) is 4.03. The molecule has 1 aromatic heterocycles. The molecule has 0 aromatic carbocycles. The van der Waals surface area contributed by atoms with Crippen molar-refractivity contribution in [3.8, 4) is 0 Å². The molecule has 1 aromatic rings. The molecule has 2 heterocycles. The number of rotatable bonds is 7. The molecule has 29 heavy (non-hydrogen) atoms. The van der Waals surface area contributed by atoms with Gasteiger partial charge in [0.2, 0.25) is 0 Å². The molecular formula is C21H26ClNO5S. The number of carbonyl (C=O) groups excluding carboxylic acids is 2. The molecular weight excluding hydrogens is 414 g/mol. The van der Waals surface area contributed by atoms with Gasteiger partial charge in [0.15, 0.2) is 0 Å². The molecule has 1 saturated carbocycles. The van der Waals surface area contributed by atoms with Crippen LogP contribution < -0.4 is 5.32 Å². The van der Waals surface area contributed by atoms with Crippen molar-refractivity contribution in [2.45, 2.75) is 51.6 Å². The molecule has 158 valence electrons. The third kappa shape index (κ3) is 4.85. The second kappa shape index (κ2) is 9.78. The molecule has 8 heteroatoms. The van der Waals surface area contributed by atoms with Crippen molar-refractivity contribution in [2.24, 2.45) is 0 Å². The summed E-state index contributed by atoms with van der Waals surface area (Å²) in [5, 5.41) is 5.00. The van der Waals surface area contributed by atoms with E-state index in [1.165, 1.54) is 18.4 Å². The minimum atomic E-state index is -0.640. The number of hydrogen-bond donors (Lipinski definition) is 1. The van der Waals surface area contributed by atoms with Crippen LogP contribution in [0.25, 0.3) is 0 Å². The minimum absolute atomic E-state index is 0.0782. The van der Waals surface area contributed by atoms with Gasteiger partial charge in [-0.2, -0.15) is 0 Å². The number of allylic oxidation sites excluding steroid dienone is 2. The van der Waals surface area contributed by atoms with Crippen LogP contribution in [0.4, 0.5) is 0 Å². The lowest BCUT2D eigenvalue weighted by Crippen LogP contribution is -2.33. The van der Waals surface area contributed by atoms with Crippen LogP contribution in [0.15, 0.2) is 34.0 Å². The van der Waals surface area contributed by atoms with E-state index in [0.29, 0.717) is 39.0 Å². The molecule has 1 N–H and O–H groups in total. The van der Waals surface area contributed by atoms with Crippen molar-refractivity contribution in [1.82, 2.24) is 5.32 Å². The normalized spacial score (nSPS) is 20.1. The van der Waals surface area contributed by atoms with Crippen LogP contribution in [0.3, 0.4) is 0 Å². The number of dihydropyridines is 1. The molecule has 1 unspecified atom stereocenters. The van der Waals surface area contributed by atoms with Gasteiger partial charge in [-0.25, -0.2) is 9.59 Å². The second-order valence-corrected chi connectivity index (χ2v) is 8.74. The van der Waals surface area contributed by atoms with Gasteiger partial charge in [0.1, 0.15) is 12.7 Å². The lowest BCUT2D eigenvalue weighted by molar-refractivity contribution is -0.144. The Labute approximate surface area is 179 Å². The van der Waals surface area contributed by atoms with Crippen LogP contribution >= 0.6 is 22.9 Å². The first-order valence-electron chi connectivity index (χ1n) is 9.72. The van der Waals surface area contributed by atoms with Gasteiger partial charge in [0.25, 0.3) is 0 Å². The van der Waals surface area contributed by atoms with E-state index in [0.717, 1.165) is 25.7 Å². The molecule has 0 saturated heterocycles. The molecule has 6 nitrogen and oxygen atoms in total. The van der Waals surface area contributed by atoms with Crippen LogP contribution in [0.5, 0.6) is 0 Å². The highest BCUT2D eigenvalue weighted by Crippen LogP contribution is 2.43. The standard InChI is InChI=1S/C21H26ClNO5S/c1-12-16(20(24)27-10-9-26-3)18(15-8-11-29-19(15)22)17(13(2)23-12)21(25)28-14-6-4-5-7-14/h8,11,14,18,23H,4-7,9-10H2,1-3H3. The number of carbonyl (C=O) groups is 2. The van der Waals surface area contributed by atoms with Gasteiger partial charge in [0, 0.05) is 18.5 Å². The van der Waals surface area contributed by atoms with Crippen LogP contribution in [0.2, 0.25) is 4.34 Å². The number of hydrogen-bond acceptors (Lipinski definition) is 7. The van der Waals surface area contributed by atoms with Gasteiger partial charge in [-0.1, -0.05) is 11.6 Å². The van der Waals surface area contributed by atoms with Gasteiger partial charge in [0.05, 0.1) is 28.0 Å². The summed E-state index contributed by atoms with van der Waals surface area (Å²) in [4.78, 5) is 26.1. The second-order valence-electron chi connectivity index (χ2n) is 7.23. The van der Waals surface area contributed by atoms with Crippen molar-refractivity contribution >= 4 is 34.9 Å². The van der Waals surface area contributed by atoms with Crippen molar-refractivity contribution in [1.29, 1.82) is 0 Å². The Hall–Kier alpha value is -1.83. The summed E-state index contributed by atoms with van der Waals surface area (Å²) >= 11 is 7.79. The van der Waals surface area contributed by atoms with Gasteiger partial charge in [-0.3, -0.25) is 0 Å². The Morgan fingerprint density at radius 1 is 1.14 bits per heavy atom. The maximum Gasteiger partial charge on any atom is 0.337 e. The number of esters is 2. The SMILES string of the molecule is COCCOC(=O)C1=C(C)NC(C)=C(C(=O)OC2CCCC2)C1c1ccsc1Cl. The molecule has 2 aliphatic rings. The average Bonchev–Trinajstić information content (AvgIpc) is 3.32. The Kier molecular flexibility index (Phi) is 7.38. The van der Waals surface area contributed by atoms with E-state index in [4.69, 9.17) is 25.8 Å². The first-order chi connectivity index (χ1) is 13.9. The highest BCUT2D eigenvalue weighted by molar-refractivity contribution is 7.14. The lowest BCUT2D eigenvalue weighted by Gasteiger charge is -2.30. The van der Waals surface area contributed by atoms with Crippen molar-refractivity contribution < 1.29 is 23.8 Å². The van der Waals surface area contributed by atoms with E-state index < -0.39 is 17.9 Å². The molecule has 1 atom stereocenters. The van der Waals surface area contributed by atoms with Gasteiger partial charge >= 0.3 is 11.9 Å². The number of nitrogens with one attached hydrogen (secondary N) is 1. The minimum Gasteiger partial charge on any atom is -0.460 e. The molecule has 0 amide bonds. The summed E-state index contributed by atoms with van der Waals surface area (Å²) in [5.41, 5.74) is 2.77. The molecule has 1 aliphatic heterocycles. The number of methoxy groups -OCH3 is 1. The Bertz CT molecular complexity index is 838. The zero-order valence-corrected chi connectivity index (χ0v) is 18.5.